The van der Waals surface area contributed by atoms with Gasteiger partial charge in [-0.15, -0.1) is 22.7 Å². The summed E-state index contributed by atoms with van der Waals surface area (Å²) in [6, 6.07) is 7.61. The molecular weight excluding hydrogens is 332 g/mol. The van der Waals surface area contributed by atoms with Gasteiger partial charge in [0.1, 0.15) is 16.5 Å². The highest BCUT2D eigenvalue weighted by Crippen LogP contribution is 2.27. The summed E-state index contributed by atoms with van der Waals surface area (Å²) >= 11 is 3.05. The first kappa shape index (κ1) is 15.9. The molecule has 3 aromatic heterocycles. The average Bonchev–Trinajstić information content (AvgIpc) is 3.32. The largest absolute Gasteiger partial charge is 0.469 e. The molecule has 2 N–H and O–H groups in total. The minimum Gasteiger partial charge on any atom is -0.469 e. The topological polar surface area (TPSA) is 75.4 Å². The molecule has 1 atom stereocenters. The van der Waals surface area contributed by atoms with Gasteiger partial charge >= 0.3 is 0 Å². The molecule has 120 valence electrons. The van der Waals surface area contributed by atoms with Crippen molar-refractivity contribution in [2.75, 3.05) is 13.2 Å². The highest BCUT2D eigenvalue weighted by molar-refractivity contribution is 7.20. The van der Waals surface area contributed by atoms with E-state index in [9.17, 15) is 9.90 Å². The van der Waals surface area contributed by atoms with Gasteiger partial charge in [-0.3, -0.25) is 4.79 Å². The summed E-state index contributed by atoms with van der Waals surface area (Å²) in [6.45, 7) is 0.361. The maximum Gasteiger partial charge on any atom is 0.270 e. The Hall–Kier alpha value is -1.96. The molecule has 0 aliphatic carbocycles. The van der Waals surface area contributed by atoms with Gasteiger partial charge in [0, 0.05) is 30.9 Å². The second kappa shape index (κ2) is 7.54. The fraction of sp³-hybridized carbons (Fsp3) is 0.250. The molecule has 23 heavy (non-hydrogen) atoms. The van der Waals surface area contributed by atoms with Crippen LogP contribution < -0.4 is 5.32 Å². The van der Waals surface area contributed by atoms with E-state index in [1.54, 1.807) is 23.0 Å². The molecule has 5 nitrogen and oxygen atoms in total. The molecule has 0 bridgehead atoms. The van der Waals surface area contributed by atoms with E-state index in [2.05, 4.69) is 10.3 Å². The molecule has 0 spiro atoms. The molecular formula is C16H16N2O3S2. The van der Waals surface area contributed by atoms with E-state index in [0.29, 0.717) is 18.7 Å². The van der Waals surface area contributed by atoms with Crippen molar-refractivity contribution in [1.29, 1.82) is 0 Å². The normalized spacial score (nSPS) is 12.2. The summed E-state index contributed by atoms with van der Waals surface area (Å²) in [5.74, 6) is 0.495. The zero-order valence-electron chi connectivity index (χ0n) is 12.3. The number of thiophene rings is 1. The van der Waals surface area contributed by atoms with Crippen LogP contribution in [0.5, 0.6) is 0 Å². The number of aromatic nitrogens is 1. The molecule has 0 aromatic carbocycles. The summed E-state index contributed by atoms with van der Waals surface area (Å²) in [5, 5.41) is 16.8. The Morgan fingerprint density at radius 2 is 2.26 bits per heavy atom. The zero-order chi connectivity index (χ0) is 16.1. The van der Waals surface area contributed by atoms with Gasteiger partial charge in [-0.25, -0.2) is 4.98 Å². The monoisotopic (exact) mass is 348 g/mol. The van der Waals surface area contributed by atoms with E-state index in [0.717, 1.165) is 15.6 Å². The number of furan rings is 1. The fourth-order valence-corrected chi connectivity index (χ4v) is 3.75. The number of carbonyl (C=O) groups is 1. The molecule has 0 radical (unpaired) electrons. The summed E-state index contributed by atoms with van der Waals surface area (Å²) in [5.41, 5.74) is 0.410. The highest BCUT2D eigenvalue weighted by atomic mass is 32.1. The molecule has 0 aliphatic heterocycles. The third kappa shape index (κ3) is 4.07. The van der Waals surface area contributed by atoms with E-state index in [1.807, 2.05) is 29.6 Å². The Bertz CT molecular complexity index is 735. The molecule has 3 rings (SSSR count). The SMILES string of the molecule is O=C(NC[C@@H](CO)Cc1ccco1)c1csc(-c2cccs2)n1. The van der Waals surface area contributed by atoms with Gasteiger partial charge in [0.05, 0.1) is 11.1 Å². The lowest BCUT2D eigenvalue weighted by Gasteiger charge is -2.13. The van der Waals surface area contributed by atoms with E-state index in [-0.39, 0.29) is 18.4 Å². The van der Waals surface area contributed by atoms with E-state index in [1.165, 1.54) is 11.3 Å². The van der Waals surface area contributed by atoms with Crippen molar-refractivity contribution in [3.05, 3.63) is 52.7 Å². The van der Waals surface area contributed by atoms with E-state index < -0.39 is 0 Å². The Morgan fingerprint density at radius 3 is 2.96 bits per heavy atom. The van der Waals surface area contributed by atoms with Gasteiger partial charge < -0.3 is 14.8 Å². The number of aliphatic hydroxyl groups excluding tert-OH is 1. The number of aliphatic hydroxyl groups is 1. The first-order valence-corrected chi connectivity index (χ1v) is 8.93. The fourth-order valence-electron chi connectivity index (χ4n) is 2.13. The highest BCUT2D eigenvalue weighted by Gasteiger charge is 2.15. The summed E-state index contributed by atoms with van der Waals surface area (Å²) in [4.78, 5) is 17.6. The Balaban J connectivity index is 1.56. The van der Waals surface area contributed by atoms with Gasteiger partial charge in [-0.05, 0) is 23.6 Å². The van der Waals surface area contributed by atoms with Crippen molar-refractivity contribution in [2.45, 2.75) is 6.42 Å². The molecule has 7 heteroatoms. The lowest BCUT2D eigenvalue weighted by atomic mass is 10.1. The number of amides is 1. The third-order valence-electron chi connectivity index (χ3n) is 3.35. The van der Waals surface area contributed by atoms with Crippen LogP contribution in [0.4, 0.5) is 0 Å². The predicted molar refractivity (Wildman–Crippen MR) is 90.7 cm³/mol. The Labute approximate surface area is 141 Å². The summed E-state index contributed by atoms with van der Waals surface area (Å²) < 4.78 is 5.27. The molecule has 0 saturated carbocycles. The minimum absolute atomic E-state index is 0.0154. The van der Waals surface area contributed by atoms with Crippen molar-refractivity contribution >= 4 is 28.6 Å². The number of nitrogens with zero attached hydrogens (tertiary/aromatic N) is 1. The molecule has 0 fully saturated rings. The van der Waals surface area contributed by atoms with Crippen LogP contribution >= 0.6 is 22.7 Å². The van der Waals surface area contributed by atoms with Crippen LogP contribution in [-0.2, 0) is 6.42 Å². The second-order valence-electron chi connectivity index (χ2n) is 5.06. The maximum absolute atomic E-state index is 12.2. The zero-order valence-corrected chi connectivity index (χ0v) is 13.9. The second-order valence-corrected chi connectivity index (χ2v) is 6.86. The van der Waals surface area contributed by atoms with Crippen molar-refractivity contribution < 1.29 is 14.3 Å². The Morgan fingerprint density at radius 1 is 1.35 bits per heavy atom. The van der Waals surface area contributed by atoms with Crippen LogP contribution in [0.1, 0.15) is 16.2 Å². The standard InChI is InChI=1S/C16H16N2O3S2/c19-9-11(7-12-3-1-5-21-12)8-17-15(20)13-10-23-16(18-13)14-4-2-6-22-14/h1-6,10-11,19H,7-9H2,(H,17,20)/t11-/m0/s1. The smallest absolute Gasteiger partial charge is 0.270 e. The van der Waals surface area contributed by atoms with E-state index >= 15 is 0 Å². The molecule has 0 saturated heterocycles. The summed E-state index contributed by atoms with van der Waals surface area (Å²) in [6.07, 6.45) is 2.19. The van der Waals surface area contributed by atoms with Gasteiger partial charge in [0.15, 0.2) is 0 Å². The van der Waals surface area contributed by atoms with Crippen molar-refractivity contribution in [3.8, 4) is 9.88 Å². The lowest BCUT2D eigenvalue weighted by molar-refractivity contribution is 0.0935. The quantitative estimate of drug-likeness (QED) is 0.688. The van der Waals surface area contributed by atoms with Crippen molar-refractivity contribution in [2.24, 2.45) is 5.92 Å². The Kier molecular flexibility index (Phi) is 5.22. The maximum atomic E-state index is 12.2. The first-order chi connectivity index (χ1) is 11.3. The number of thiazole rings is 1. The number of rotatable bonds is 7. The number of hydrogen-bond donors (Lipinski definition) is 2. The van der Waals surface area contributed by atoms with Gasteiger partial charge in [0.25, 0.3) is 5.91 Å². The van der Waals surface area contributed by atoms with Crippen LogP contribution in [0.2, 0.25) is 0 Å². The minimum atomic E-state index is -0.220. The van der Waals surface area contributed by atoms with Crippen LogP contribution in [-0.4, -0.2) is 29.1 Å². The lowest BCUT2D eigenvalue weighted by Crippen LogP contribution is -2.32. The first-order valence-electron chi connectivity index (χ1n) is 7.17. The third-order valence-corrected chi connectivity index (χ3v) is 5.23. The molecule has 1 amide bonds. The van der Waals surface area contributed by atoms with Crippen LogP contribution in [0.15, 0.2) is 45.7 Å². The molecule has 0 aliphatic rings. The van der Waals surface area contributed by atoms with Gasteiger partial charge in [-0.2, -0.15) is 0 Å². The predicted octanol–water partition coefficient (Wildman–Crippen LogP) is 3.05. The van der Waals surface area contributed by atoms with Gasteiger partial charge in [-0.1, -0.05) is 6.07 Å². The van der Waals surface area contributed by atoms with Gasteiger partial charge in [0.2, 0.25) is 0 Å². The van der Waals surface area contributed by atoms with Crippen LogP contribution in [0.3, 0.4) is 0 Å². The van der Waals surface area contributed by atoms with E-state index in [4.69, 9.17) is 4.42 Å². The molecule has 3 heterocycles. The summed E-state index contributed by atoms with van der Waals surface area (Å²) in [7, 11) is 0. The van der Waals surface area contributed by atoms with Crippen LogP contribution in [0, 0.1) is 5.92 Å². The average molecular weight is 348 g/mol. The van der Waals surface area contributed by atoms with Crippen molar-refractivity contribution in [1.82, 2.24) is 10.3 Å². The number of carbonyl (C=O) groups excluding carboxylic acids is 1. The molecule has 3 aromatic rings. The number of nitrogens with one attached hydrogen (secondary N) is 1. The van der Waals surface area contributed by atoms with Crippen molar-refractivity contribution in [3.63, 3.8) is 0 Å². The number of hydrogen-bond acceptors (Lipinski definition) is 6. The molecule has 0 unspecified atom stereocenters. The van der Waals surface area contributed by atoms with Crippen LogP contribution in [0.25, 0.3) is 9.88 Å².